The zero-order valence-corrected chi connectivity index (χ0v) is 18.1. The van der Waals surface area contributed by atoms with Crippen LogP contribution in [0.3, 0.4) is 0 Å². The van der Waals surface area contributed by atoms with Crippen LogP contribution in [0.1, 0.15) is 33.2 Å². The molecule has 4 nitrogen and oxygen atoms in total. The fraction of sp³-hybridized carbons (Fsp3) is 0.160. The Morgan fingerprint density at radius 2 is 1.77 bits per heavy atom. The largest absolute Gasteiger partial charge is 0.497 e. The number of hydrogen-bond acceptors (Lipinski definition) is 2. The number of ether oxygens (including phenoxy) is 1. The second kappa shape index (κ2) is 7.65. The van der Waals surface area contributed by atoms with E-state index in [1.165, 1.54) is 10.9 Å². The Labute approximate surface area is 183 Å². The topological polar surface area (TPSA) is 45.3 Å². The summed E-state index contributed by atoms with van der Waals surface area (Å²) in [5.41, 5.74) is 5.26. The van der Waals surface area contributed by atoms with Crippen molar-refractivity contribution in [2.45, 2.75) is 12.5 Å². The first-order valence-electron chi connectivity index (χ1n) is 9.95. The lowest BCUT2D eigenvalue weighted by Gasteiger charge is -2.36. The molecular formula is C25H21BrN2O2. The zero-order valence-electron chi connectivity index (χ0n) is 16.6. The number of para-hydroxylation sites is 1. The third kappa shape index (κ3) is 3.19. The number of nitrogens with zero attached hydrogens (tertiary/aromatic N) is 1. The van der Waals surface area contributed by atoms with Crippen molar-refractivity contribution in [3.05, 3.63) is 99.7 Å². The van der Waals surface area contributed by atoms with E-state index in [9.17, 15) is 4.79 Å². The number of fused-ring (bicyclic) bond motifs is 3. The van der Waals surface area contributed by atoms with Gasteiger partial charge in [-0.05, 0) is 60.0 Å². The lowest BCUT2D eigenvalue weighted by atomic mass is 9.91. The number of hydrogen-bond donors (Lipinski definition) is 1. The molecule has 1 aliphatic rings. The maximum Gasteiger partial charge on any atom is 0.254 e. The minimum Gasteiger partial charge on any atom is -0.497 e. The number of carbonyl (C=O) groups is 1. The quantitative estimate of drug-likeness (QED) is 0.424. The van der Waals surface area contributed by atoms with E-state index < -0.39 is 0 Å². The van der Waals surface area contributed by atoms with Gasteiger partial charge < -0.3 is 14.6 Å². The molecule has 0 saturated carbocycles. The average molecular weight is 461 g/mol. The van der Waals surface area contributed by atoms with E-state index in [0.29, 0.717) is 12.1 Å². The average Bonchev–Trinajstić information content (AvgIpc) is 3.17. The number of nitrogens with one attached hydrogen (secondary N) is 1. The Kier molecular flexibility index (Phi) is 4.83. The van der Waals surface area contributed by atoms with Crippen LogP contribution in [0.5, 0.6) is 5.75 Å². The molecule has 150 valence electrons. The van der Waals surface area contributed by atoms with E-state index in [-0.39, 0.29) is 11.9 Å². The molecule has 5 rings (SSSR count). The summed E-state index contributed by atoms with van der Waals surface area (Å²) < 4.78 is 6.30. The van der Waals surface area contributed by atoms with Gasteiger partial charge in [-0.15, -0.1) is 0 Å². The molecule has 30 heavy (non-hydrogen) atoms. The number of carbonyl (C=O) groups excluding carboxylic acids is 1. The fourth-order valence-electron chi connectivity index (χ4n) is 4.35. The lowest BCUT2D eigenvalue weighted by molar-refractivity contribution is 0.0692. The summed E-state index contributed by atoms with van der Waals surface area (Å²) in [6.45, 7) is 0.667. The van der Waals surface area contributed by atoms with Gasteiger partial charge in [0.1, 0.15) is 5.75 Å². The predicted molar refractivity (Wildman–Crippen MR) is 122 cm³/mol. The minimum atomic E-state index is -0.178. The Hall–Kier alpha value is -3.05. The molecule has 0 aliphatic carbocycles. The van der Waals surface area contributed by atoms with Crippen LogP contribution in [0.4, 0.5) is 0 Å². The predicted octanol–water partition coefficient (Wildman–Crippen LogP) is 5.73. The van der Waals surface area contributed by atoms with Crippen LogP contribution in [-0.4, -0.2) is 29.4 Å². The summed E-state index contributed by atoms with van der Waals surface area (Å²) >= 11 is 3.45. The molecule has 0 unspecified atom stereocenters. The normalized spacial score (nSPS) is 15.8. The van der Waals surface area contributed by atoms with E-state index in [4.69, 9.17) is 4.74 Å². The summed E-state index contributed by atoms with van der Waals surface area (Å²) in [7, 11) is 1.66. The van der Waals surface area contributed by atoms with Crippen LogP contribution < -0.4 is 4.74 Å². The fourth-order valence-corrected chi connectivity index (χ4v) is 4.62. The van der Waals surface area contributed by atoms with Gasteiger partial charge in [0.05, 0.1) is 13.2 Å². The maximum atomic E-state index is 13.5. The van der Waals surface area contributed by atoms with E-state index in [2.05, 4.69) is 39.1 Å². The first kappa shape index (κ1) is 18.9. The number of aromatic amines is 1. The van der Waals surface area contributed by atoms with Crippen molar-refractivity contribution in [1.29, 1.82) is 0 Å². The number of rotatable bonds is 3. The smallest absolute Gasteiger partial charge is 0.254 e. The maximum absolute atomic E-state index is 13.5. The molecule has 1 aromatic heterocycles. The highest BCUT2D eigenvalue weighted by molar-refractivity contribution is 9.10. The van der Waals surface area contributed by atoms with Gasteiger partial charge in [0.15, 0.2) is 0 Å². The molecule has 3 aromatic carbocycles. The third-order valence-electron chi connectivity index (χ3n) is 5.82. The second-order valence-corrected chi connectivity index (χ2v) is 8.41. The number of halogens is 1. The van der Waals surface area contributed by atoms with Crippen LogP contribution in [-0.2, 0) is 6.42 Å². The van der Waals surface area contributed by atoms with Crippen molar-refractivity contribution in [2.75, 3.05) is 13.7 Å². The first-order valence-corrected chi connectivity index (χ1v) is 10.7. The summed E-state index contributed by atoms with van der Waals surface area (Å²) in [5, 5.41) is 1.24. The van der Waals surface area contributed by atoms with Gasteiger partial charge in [-0.2, -0.15) is 0 Å². The minimum absolute atomic E-state index is 0.0348. The Balaban J connectivity index is 1.64. The third-order valence-corrected chi connectivity index (χ3v) is 6.35. The Morgan fingerprint density at radius 1 is 1.03 bits per heavy atom. The summed E-state index contributed by atoms with van der Waals surface area (Å²) in [4.78, 5) is 19.1. The lowest BCUT2D eigenvalue weighted by Crippen LogP contribution is -2.40. The molecule has 1 atom stereocenters. The molecule has 0 radical (unpaired) electrons. The van der Waals surface area contributed by atoms with Crippen LogP contribution >= 0.6 is 15.9 Å². The van der Waals surface area contributed by atoms with Crippen molar-refractivity contribution in [3.63, 3.8) is 0 Å². The highest BCUT2D eigenvalue weighted by atomic mass is 79.9. The van der Waals surface area contributed by atoms with Crippen molar-refractivity contribution in [2.24, 2.45) is 0 Å². The highest BCUT2D eigenvalue weighted by Gasteiger charge is 2.34. The van der Waals surface area contributed by atoms with Crippen molar-refractivity contribution in [3.8, 4) is 5.75 Å². The first-order chi connectivity index (χ1) is 14.7. The molecule has 0 bridgehead atoms. The van der Waals surface area contributed by atoms with Crippen molar-refractivity contribution < 1.29 is 9.53 Å². The SMILES string of the molecule is COc1ccc([C@@H]2c3[nH]c4ccccc4c3CCN2C(=O)c2ccc(Br)cc2)cc1. The van der Waals surface area contributed by atoms with E-state index in [0.717, 1.165) is 33.4 Å². The number of H-pyrrole nitrogens is 1. The van der Waals surface area contributed by atoms with Gasteiger partial charge >= 0.3 is 0 Å². The molecule has 1 amide bonds. The van der Waals surface area contributed by atoms with E-state index in [1.54, 1.807) is 7.11 Å². The number of benzene rings is 3. The molecule has 4 aromatic rings. The molecule has 1 aliphatic heterocycles. The van der Waals surface area contributed by atoms with Crippen molar-refractivity contribution in [1.82, 2.24) is 9.88 Å². The van der Waals surface area contributed by atoms with Crippen LogP contribution in [0.2, 0.25) is 0 Å². The summed E-state index contributed by atoms with van der Waals surface area (Å²) in [5.74, 6) is 0.838. The van der Waals surface area contributed by atoms with Gasteiger partial charge in [-0.25, -0.2) is 0 Å². The van der Waals surface area contributed by atoms with E-state index in [1.807, 2.05) is 59.5 Å². The molecule has 0 saturated heterocycles. The number of aromatic nitrogens is 1. The van der Waals surface area contributed by atoms with Gasteiger partial charge in [0, 0.05) is 33.2 Å². The molecule has 2 heterocycles. The number of methoxy groups -OCH3 is 1. The van der Waals surface area contributed by atoms with Crippen LogP contribution in [0.15, 0.2) is 77.3 Å². The molecule has 5 heteroatoms. The molecule has 0 spiro atoms. The Morgan fingerprint density at radius 3 is 2.50 bits per heavy atom. The van der Waals surface area contributed by atoms with Gasteiger partial charge in [0.25, 0.3) is 5.91 Å². The zero-order chi connectivity index (χ0) is 20.7. The summed E-state index contributed by atoms with van der Waals surface area (Å²) in [6.07, 6.45) is 0.828. The second-order valence-electron chi connectivity index (χ2n) is 7.49. The molecular weight excluding hydrogens is 440 g/mol. The van der Waals surface area contributed by atoms with Crippen LogP contribution in [0.25, 0.3) is 10.9 Å². The molecule has 0 fully saturated rings. The van der Waals surface area contributed by atoms with Crippen molar-refractivity contribution >= 4 is 32.7 Å². The molecule has 1 N–H and O–H groups in total. The van der Waals surface area contributed by atoms with Gasteiger partial charge in [-0.3, -0.25) is 4.79 Å². The Bertz CT molecular complexity index is 1210. The summed E-state index contributed by atoms with van der Waals surface area (Å²) in [6, 6.07) is 23.7. The van der Waals surface area contributed by atoms with Crippen LogP contribution in [0, 0.1) is 0 Å². The van der Waals surface area contributed by atoms with Gasteiger partial charge in [-0.1, -0.05) is 46.3 Å². The van der Waals surface area contributed by atoms with E-state index >= 15 is 0 Å². The van der Waals surface area contributed by atoms with Gasteiger partial charge in [0.2, 0.25) is 0 Å². The number of amides is 1. The highest BCUT2D eigenvalue weighted by Crippen LogP contribution is 2.39. The monoisotopic (exact) mass is 460 g/mol. The standard InChI is InChI=1S/C25H21BrN2O2/c1-30-19-12-8-16(9-13-19)24-23-21(20-4-2-3-5-22(20)27-23)14-15-28(24)25(29)17-6-10-18(26)11-7-17/h2-13,24,27H,14-15H2,1H3/t24-/m1/s1.